The lowest BCUT2D eigenvalue weighted by atomic mass is 9.99. The highest BCUT2D eigenvalue weighted by Gasteiger charge is 2.33. The van der Waals surface area contributed by atoms with E-state index in [2.05, 4.69) is 24.5 Å². The van der Waals surface area contributed by atoms with Crippen molar-refractivity contribution in [3.05, 3.63) is 0 Å². The molecule has 2 rings (SSSR count). The molecule has 0 aromatic carbocycles. The maximum absolute atomic E-state index is 12.2. The maximum atomic E-state index is 12.2. The van der Waals surface area contributed by atoms with Crippen molar-refractivity contribution in [1.82, 2.24) is 15.5 Å². The van der Waals surface area contributed by atoms with Gasteiger partial charge in [0.1, 0.15) is 0 Å². The topological polar surface area (TPSA) is 61.4 Å². The smallest absolute Gasteiger partial charge is 0.223 e. The van der Waals surface area contributed by atoms with Crippen molar-refractivity contribution in [2.45, 2.75) is 83.3 Å². The molecule has 2 amide bonds. The summed E-state index contributed by atoms with van der Waals surface area (Å²) in [6.07, 6.45) is 7.14. The van der Waals surface area contributed by atoms with Crippen molar-refractivity contribution < 1.29 is 9.59 Å². The van der Waals surface area contributed by atoms with Crippen LogP contribution < -0.4 is 10.6 Å². The lowest BCUT2D eigenvalue weighted by Gasteiger charge is -2.29. The Labute approximate surface area is 134 Å². The van der Waals surface area contributed by atoms with Crippen LogP contribution in [-0.2, 0) is 9.59 Å². The second-order valence-electron chi connectivity index (χ2n) is 6.75. The molecule has 5 nitrogen and oxygen atoms in total. The summed E-state index contributed by atoms with van der Waals surface area (Å²) in [5.41, 5.74) is 0. The largest absolute Gasteiger partial charge is 0.353 e. The van der Waals surface area contributed by atoms with E-state index in [1.807, 2.05) is 4.90 Å². The van der Waals surface area contributed by atoms with E-state index in [9.17, 15) is 9.59 Å². The third kappa shape index (κ3) is 4.97. The Balaban J connectivity index is 1.69. The first-order valence-corrected chi connectivity index (χ1v) is 8.95. The molecule has 2 atom stereocenters. The van der Waals surface area contributed by atoms with Gasteiger partial charge in [-0.1, -0.05) is 13.8 Å². The van der Waals surface area contributed by atoms with Crippen LogP contribution in [0.15, 0.2) is 0 Å². The lowest BCUT2D eigenvalue weighted by Crippen LogP contribution is -2.48. The molecule has 0 saturated carbocycles. The molecule has 0 aromatic heterocycles. The number of hydrogen-bond donors (Lipinski definition) is 2. The number of piperidine rings is 1. The van der Waals surface area contributed by atoms with Gasteiger partial charge in [-0.2, -0.15) is 0 Å². The summed E-state index contributed by atoms with van der Waals surface area (Å²) < 4.78 is 0. The minimum absolute atomic E-state index is 0.0348. The van der Waals surface area contributed by atoms with Gasteiger partial charge in [0.15, 0.2) is 0 Å². The first kappa shape index (κ1) is 17.3. The molecule has 2 heterocycles. The molecule has 2 fully saturated rings. The van der Waals surface area contributed by atoms with E-state index in [0.29, 0.717) is 31.0 Å². The molecule has 0 radical (unpaired) electrons. The number of nitrogens with one attached hydrogen (secondary N) is 2. The van der Waals surface area contributed by atoms with Crippen molar-refractivity contribution >= 4 is 11.8 Å². The van der Waals surface area contributed by atoms with Gasteiger partial charge in [0.25, 0.3) is 0 Å². The summed E-state index contributed by atoms with van der Waals surface area (Å²) in [6.45, 7) is 5.75. The molecule has 0 aliphatic carbocycles. The summed E-state index contributed by atoms with van der Waals surface area (Å²) in [6, 6.07) is 1.45. The third-order valence-electron chi connectivity index (χ3n) is 4.74. The first-order valence-electron chi connectivity index (χ1n) is 8.95. The summed E-state index contributed by atoms with van der Waals surface area (Å²) in [4.78, 5) is 26.1. The molecule has 2 N–H and O–H groups in total. The summed E-state index contributed by atoms with van der Waals surface area (Å²) in [5, 5.41) is 6.70. The molecule has 2 aliphatic rings. The molecule has 2 saturated heterocycles. The Hall–Kier alpha value is -1.10. The van der Waals surface area contributed by atoms with Crippen molar-refractivity contribution in [2.75, 3.05) is 13.1 Å². The zero-order valence-corrected chi connectivity index (χ0v) is 14.1. The number of fused-ring (bicyclic) bond motifs is 2. The number of carbonyl (C=O) groups is 2. The van der Waals surface area contributed by atoms with Gasteiger partial charge >= 0.3 is 0 Å². The molecule has 0 aromatic rings. The second-order valence-corrected chi connectivity index (χ2v) is 6.75. The minimum Gasteiger partial charge on any atom is -0.353 e. The monoisotopic (exact) mass is 309 g/mol. The summed E-state index contributed by atoms with van der Waals surface area (Å²) in [5.74, 6) is 0.150. The van der Waals surface area contributed by atoms with E-state index in [1.165, 1.54) is 12.8 Å². The first-order chi connectivity index (χ1) is 10.6. The van der Waals surface area contributed by atoms with Crippen molar-refractivity contribution in [3.63, 3.8) is 0 Å². The van der Waals surface area contributed by atoms with E-state index in [4.69, 9.17) is 0 Å². The fourth-order valence-corrected chi connectivity index (χ4v) is 3.75. The predicted octanol–water partition coefficient (Wildman–Crippen LogP) is 1.81. The summed E-state index contributed by atoms with van der Waals surface area (Å²) in [7, 11) is 0. The average molecular weight is 309 g/mol. The van der Waals surface area contributed by atoms with Gasteiger partial charge in [-0.15, -0.1) is 0 Å². The molecular weight excluding hydrogens is 278 g/mol. The van der Waals surface area contributed by atoms with E-state index in [0.717, 1.165) is 38.8 Å². The van der Waals surface area contributed by atoms with E-state index < -0.39 is 0 Å². The number of carbonyl (C=O) groups excluding carboxylic acids is 2. The molecule has 2 unspecified atom stereocenters. The van der Waals surface area contributed by atoms with Crippen molar-refractivity contribution in [3.8, 4) is 0 Å². The highest BCUT2D eigenvalue weighted by atomic mass is 16.2. The average Bonchev–Trinajstić information content (AvgIpc) is 2.83. The molecule has 5 heteroatoms. The normalized spacial score (nSPS) is 26.7. The Bertz CT molecular complexity index is 368. The fraction of sp³-hybridized carbons (Fsp3) is 0.882. The van der Waals surface area contributed by atoms with Gasteiger partial charge in [-0.3, -0.25) is 9.59 Å². The number of amides is 2. The van der Waals surface area contributed by atoms with Crippen LogP contribution in [0.2, 0.25) is 0 Å². The molecular formula is C17H31N3O2. The zero-order valence-electron chi connectivity index (χ0n) is 14.1. The number of hydrogen-bond acceptors (Lipinski definition) is 3. The zero-order chi connectivity index (χ0) is 15.9. The maximum Gasteiger partial charge on any atom is 0.223 e. The standard InChI is InChI=1S/C17H31N3O2/c1-3-9-20(10-4-2)17(22)8-7-16(21)19-15-11-13-5-6-14(12-15)18-13/h13-15,18H,3-12H2,1-2H3,(H,19,21). The molecule has 2 bridgehead atoms. The molecule has 2 aliphatic heterocycles. The summed E-state index contributed by atoms with van der Waals surface area (Å²) >= 11 is 0. The quantitative estimate of drug-likeness (QED) is 0.719. The van der Waals surface area contributed by atoms with Crippen molar-refractivity contribution in [2.24, 2.45) is 0 Å². The Morgan fingerprint density at radius 1 is 1.05 bits per heavy atom. The fourth-order valence-electron chi connectivity index (χ4n) is 3.75. The molecule has 126 valence electrons. The van der Waals surface area contributed by atoms with E-state index in [1.54, 1.807) is 0 Å². The van der Waals surface area contributed by atoms with E-state index in [-0.39, 0.29) is 11.8 Å². The lowest BCUT2D eigenvalue weighted by molar-refractivity contribution is -0.133. The highest BCUT2D eigenvalue weighted by Crippen LogP contribution is 2.26. The Morgan fingerprint density at radius 2 is 1.64 bits per heavy atom. The van der Waals surface area contributed by atoms with Gasteiger partial charge in [-0.05, 0) is 38.5 Å². The van der Waals surface area contributed by atoms with Crippen LogP contribution in [-0.4, -0.2) is 47.9 Å². The van der Waals surface area contributed by atoms with Crippen LogP contribution in [0.25, 0.3) is 0 Å². The molecule has 0 spiro atoms. The van der Waals surface area contributed by atoms with Gasteiger partial charge in [0.05, 0.1) is 0 Å². The van der Waals surface area contributed by atoms with E-state index >= 15 is 0 Å². The SMILES string of the molecule is CCCN(CCC)C(=O)CCC(=O)NC1CC2CCC(C1)N2. The third-order valence-corrected chi connectivity index (χ3v) is 4.74. The minimum atomic E-state index is 0.0348. The highest BCUT2D eigenvalue weighted by molar-refractivity contribution is 5.83. The van der Waals surface area contributed by atoms with Crippen LogP contribution in [0.4, 0.5) is 0 Å². The van der Waals surface area contributed by atoms with Crippen LogP contribution in [0, 0.1) is 0 Å². The van der Waals surface area contributed by atoms with Crippen LogP contribution >= 0.6 is 0 Å². The number of rotatable bonds is 8. The number of nitrogens with zero attached hydrogens (tertiary/aromatic N) is 1. The van der Waals surface area contributed by atoms with Gasteiger partial charge in [0.2, 0.25) is 11.8 Å². The van der Waals surface area contributed by atoms with Gasteiger partial charge in [-0.25, -0.2) is 0 Å². The molecule has 22 heavy (non-hydrogen) atoms. The Kier molecular flexibility index (Phi) is 6.68. The van der Waals surface area contributed by atoms with Crippen molar-refractivity contribution in [1.29, 1.82) is 0 Å². The van der Waals surface area contributed by atoms with Gasteiger partial charge in [0, 0.05) is 44.1 Å². The van der Waals surface area contributed by atoms with Crippen LogP contribution in [0.3, 0.4) is 0 Å². The van der Waals surface area contributed by atoms with Gasteiger partial charge < -0.3 is 15.5 Å². The second kappa shape index (κ2) is 8.51. The Morgan fingerprint density at radius 3 is 2.18 bits per heavy atom. The van der Waals surface area contributed by atoms with Crippen LogP contribution in [0.5, 0.6) is 0 Å². The predicted molar refractivity (Wildman–Crippen MR) is 87.5 cm³/mol. The van der Waals surface area contributed by atoms with Crippen LogP contribution in [0.1, 0.15) is 65.2 Å².